The van der Waals surface area contributed by atoms with Gasteiger partial charge in [-0.1, -0.05) is 36.4 Å². The van der Waals surface area contributed by atoms with Gasteiger partial charge in [-0.3, -0.25) is 30.1 Å². The van der Waals surface area contributed by atoms with Crippen molar-refractivity contribution in [2.45, 2.75) is 13.0 Å². The number of rotatable bonds is 5. The molecule has 1 saturated carbocycles. The highest BCUT2D eigenvalue weighted by atomic mass is 16.2. The van der Waals surface area contributed by atoms with Crippen LogP contribution >= 0.6 is 0 Å². The van der Waals surface area contributed by atoms with E-state index in [1.165, 1.54) is 11.2 Å². The first-order chi connectivity index (χ1) is 16.1. The maximum Gasteiger partial charge on any atom is 0.269 e. The summed E-state index contributed by atoms with van der Waals surface area (Å²) in [5.74, 6) is 0.0670. The fraction of sp³-hybridized carbons (Fsp3) is 0.240. The minimum absolute atomic E-state index is 0.0649. The van der Waals surface area contributed by atoms with Gasteiger partial charge >= 0.3 is 0 Å². The number of anilines is 1. The second-order valence-corrected chi connectivity index (χ2v) is 8.78. The zero-order valence-corrected chi connectivity index (χ0v) is 17.6. The van der Waals surface area contributed by atoms with Gasteiger partial charge in [0.05, 0.1) is 23.9 Å². The fourth-order valence-corrected chi connectivity index (χ4v) is 5.36. The van der Waals surface area contributed by atoms with Gasteiger partial charge < -0.3 is 0 Å². The van der Waals surface area contributed by atoms with Crippen molar-refractivity contribution in [2.24, 2.45) is 23.7 Å². The van der Waals surface area contributed by atoms with E-state index in [1.807, 2.05) is 24.3 Å². The van der Waals surface area contributed by atoms with Gasteiger partial charge in [0.2, 0.25) is 11.8 Å². The topological polar surface area (TPSA) is 104 Å². The summed E-state index contributed by atoms with van der Waals surface area (Å²) >= 11 is 0. The van der Waals surface area contributed by atoms with Gasteiger partial charge in [-0.05, 0) is 48.1 Å². The Labute approximate surface area is 189 Å². The number of carbonyl (C=O) groups excluding carboxylic acids is 3. The predicted octanol–water partition coefficient (Wildman–Crippen LogP) is 2.69. The molecule has 0 radical (unpaired) electrons. The molecule has 8 heteroatoms. The van der Waals surface area contributed by atoms with Gasteiger partial charge in [0, 0.05) is 10.9 Å². The van der Waals surface area contributed by atoms with Gasteiger partial charge in [0.1, 0.15) is 6.33 Å². The number of aromatic nitrogens is 2. The molecule has 3 aromatic rings. The van der Waals surface area contributed by atoms with Gasteiger partial charge in [0.25, 0.3) is 5.91 Å². The molecule has 3 amide bonds. The lowest BCUT2D eigenvalue weighted by Crippen LogP contribution is -2.32. The Morgan fingerprint density at radius 2 is 1.64 bits per heavy atom. The first-order valence-corrected chi connectivity index (χ1v) is 11.0. The largest absolute Gasteiger partial charge is 0.281 e. The molecule has 2 aromatic carbocycles. The Hall–Kier alpha value is -4.07. The van der Waals surface area contributed by atoms with Crippen LogP contribution in [0.25, 0.3) is 10.9 Å². The van der Waals surface area contributed by atoms with Crippen LogP contribution in [0.2, 0.25) is 0 Å². The normalized spacial score (nSPS) is 25.0. The van der Waals surface area contributed by atoms with Crippen LogP contribution < -0.4 is 10.9 Å². The quantitative estimate of drug-likeness (QED) is 0.360. The molecule has 3 aliphatic rings. The first kappa shape index (κ1) is 19.6. The number of nitrogens with zero attached hydrogens (tertiary/aromatic N) is 3. The van der Waals surface area contributed by atoms with Crippen molar-refractivity contribution in [3.63, 3.8) is 0 Å². The first-order valence-electron chi connectivity index (χ1n) is 11.0. The van der Waals surface area contributed by atoms with E-state index >= 15 is 0 Å². The van der Waals surface area contributed by atoms with E-state index in [0.717, 1.165) is 22.9 Å². The summed E-state index contributed by atoms with van der Waals surface area (Å²) < 4.78 is 0. The van der Waals surface area contributed by atoms with Crippen molar-refractivity contribution in [1.82, 2.24) is 20.3 Å². The number of likely N-dealkylation sites (tertiary alicyclic amines) is 1. The number of benzene rings is 2. The molecule has 1 saturated heterocycles. The summed E-state index contributed by atoms with van der Waals surface area (Å²) in [5.41, 5.74) is 7.53. The van der Waals surface area contributed by atoms with E-state index in [9.17, 15) is 14.4 Å². The molecule has 0 spiro atoms. The Morgan fingerprint density at radius 3 is 2.36 bits per heavy atom. The Balaban J connectivity index is 1.11. The van der Waals surface area contributed by atoms with Crippen molar-refractivity contribution in [3.8, 4) is 0 Å². The van der Waals surface area contributed by atoms with Crippen molar-refractivity contribution < 1.29 is 14.4 Å². The molecule has 33 heavy (non-hydrogen) atoms. The fourth-order valence-electron chi connectivity index (χ4n) is 5.36. The minimum atomic E-state index is -0.324. The lowest BCUT2D eigenvalue weighted by Gasteiger charge is -2.17. The van der Waals surface area contributed by atoms with Crippen molar-refractivity contribution in [1.29, 1.82) is 0 Å². The van der Waals surface area contributed by atoms with Gasteiger partial charge in [-0.2, -0.15) is 0 Å². The number of imide groups is 1. The molecule has 2 N–H and O–H groups in total. The van der Waals surface area contributed by atoms with Crippen LogP contribution in [0.3, 0.4) is 0 Å². The van der Waals surface area contributed by atoms with E-state index in [-0.39, 0.29) is 47.9 Å². The van der Waals surface area contributed by atoms with E-state index in [2.05, 4.69) is 33.0 Å². The number of para-hydroxylation sites is 1. The number of carbonyl (C=O) groups is 3. The molecule has 1 aromatic heterocycles. The highest BCUT2D eigenvalue weighted by molar-refractivity contribution is 6.06. The summed E-state index contributed by atoms with van der Waals surface area (Å²) in [4.78, 5) is 48.1. The minimum Gasteiger partial charge on any atom is -0.281 e. The Morgan fingerprint density at radius 1 is 0.939 bits per heavy atom. The molecule has 0 unspecified atom stereocenters. The molecule has 2 heterocycles. The highest BCUT2D eigenvalue weighted by Crippen LogP contribution is 2.52. The summed E-state index contributed by atoms with van der Waals surface area (Å²) in [6.07, 6.45) is 6.53. The number of hydrogen-bond acceptors (Lipinski definition) is 6. The highest BCUT2D eigenvalue weighted by Gasteiger charge is 2.59. The average Bonchev–Trinajstić information content (AvgIpc) is 3.53. The van der Waals surface area contributed by atoms with Crippen molar-refractivity contribution >= 4 is 34.4 Å². The Bertz CT molecular complexity index is 1280. The maximum absolute atomic E-state index is 12.9. The molecule has 2 fully saturated rings. The van der Waals surface area contributed by atoms with Crippen LogP contribution in [-0.4, -0.2) is 32.6 Å². The van der Waals surface area contributed by atoms with E-state index in [0.29, 0.717) is 11.4 Å². The maximum atomic E-state index is 12.9. The molecule has 2 aliphatic carbocycles. The van der Waals surface area contributed by atoms with Crippen LogP contribution in [0.5, 0.6) is 0 Å². The molecular formula is C25H21N5O3. The molecular weight excluding hydrogens is 418 g/mol. The molecule has 2 bridgehead atoms. The predicted molar refractivity (Wildman–Crippen MR) is 120 cm³/mol. The second-order valence-electron chi connectivity index (χ2n) is 8.78. The number of amides is 3. The molecule has 4 atom stereocenters. The molecule has 164 valence electrons. The summed E-state index contributed by atoms with van der Waals surface area (Å²) in [7, 11) is 0. The van der Waals surface area contributed by atoms with Crippen molar-refractivity contribution in [2.75, 3.05) is 5.43 Å². The van der Waals surface area contributed by atoms with Gasteiger partial charge in [-0.25, -0.2) is 9.97 Å². The third-order valence-corrected chi connectivity index (χ3v) is 6.96. The zero-order chi connectivity index (χ0) is 22.5. The number of hydrazine groups is 1. The number of hydrogen-bond donors (Lipinski definition) is 2. The number of fused-ring (bicyclic) bond motifs is 6. The third kappa shape index (κ3) is 3.17. The van der Waals surface area contributed by atoms with Crippen LogP contribution in [0.1, 0.15) is 22.3 Å². The smallest absolute Gasteiger partial charge is 0.269 e. The van der Waals surface area contributed by atoms with Gasteiger partial charge in [0.15, 0.2) is 5.82 Å². The number of allylic oxidation sites excluding steroid dienone is 2. The average molecular weight is 439 g/mol. The summed E-state index contributed by atoms with van der Waals surface area (Å²) in [5, 5.41) is 0.795. The van der Waals surface area contributed by atoms with E-state index in [4.69, 9.17) is 0 Å². The number of nitrogens with one attached hydrogen (secondary N) is 2. The van der Waals surface area contributed by atoms with E-state index in [1.54, 1.807) is 24.3 Å². The van der Waals surface area contributed by atoms with Crippen LogP contribution in [-0.2, 0) is 16.1 Å². The Kier molecular flexibility index (Phi) is 4.46. The SMILES string of the molecule is O=C(NNc1ncnc2ccccc12)c1ccc(CN2C(=O)[C@@H]3[C@H](C2=O)[C@H]2C=C[C@H]3C2)cc1. The standard InChI is InChI=1S/C25H21N5O3/c31-23(29-28-22-18-3-1-2-4-19(18)26-13-27-22)15-7-5-14(6-8-15)12-30-24(32)20-16-9-10-17(11-16)21(20)25(30)33/h1-10,13,16-17,20-21H,11-12H2,(H,29,31)(H,26,27,28)/t16-,17-,20-,21+/m0/s1. The zero-order valence-electron chi connectivity index (χ0n) is 17.6. The molecule has 8 nitrogen and oxygen atoms in total. The van der Waals surface area contributed by atoms with E-state index < -0.39 is 0 Å². The summed E-state index contributed by atoms with van der Waals surface area (Å²) in [6, 6.07) is 14.4. The lowest BCUT2D eigenvalue weighted by molar-refractivity contribution is -0.141. The summed E-state index contributed by atoms with van der Waals surface area (Å²) in [6.45, 7) is 0.233. The molecule has 1 aliphatic heterocycles. The monoisotopic (exact) mass is 439 g/mol. The second kappa shape index (κ2) is 7.51. The van der Waals surface area contributed by atoms with Crippen molar-refractivity contribution in [3.05, 3.63) is 78.1 Å². The lowest BCUT2D eigenvalue weighted by atomic mass is 9.85. The van der Waals surface area contributed by atoms with Crippen LogP contribution in [0, 0.1) is 23.7 Å². The van der Waals surface area contributed by atoms with Gasteiger partial charge in [-0.15, -0.1) is 0 Å². The van der Waals surface area contributed by atoms with Crippen LogP contribution in [0.15, 0.2) is 67.0 Å². The van der Waals surface area contributed by atoms with Crippen LogP contribution in [0.4, 0.5) is 5.82 Å². The third-order valence-electron chi connectivity index (χ3n) is 6.96. The molecule has 6 rings (SSSR count).